The van der Waals surface area contributed by atoms with Crippen LogP contribution in [0.3, 0.4) is 0 Å². The first-order valence-electron chi connectivity index (χ1n) is 8.83. The molecule has 6 nitrogen and oxygen atoms in total. The molecule has 0 unspecified atom stereocenters. The van der Waals surface area contributed by atoms with E-state index < -0.39 is 5.92 Å². The summed E-state index contributed by atoms with van der Waals surface area (Å²) in [6, 6.07) is 11.1. The van der Waals surface area contributed by atoms with Crippen molar-refractivity contribution in [3.63, 3.8) is 0 Å². The number of rotatable bonds is 5. The monoisotopic (exact) mass is 368 g/mol. The highest BCUT2D eigenvalue weighted by Crippen LogP contribution is 2.31. The molecule has 27 heavy (non-hydrogen) atoms. The lowest BCUT2D eigenvalue weighted by Gasteiger charge is -2.18. The molecule has 1 N–H and O–H groups in total. The molecule has 142 valence electrons. The average Bonchev–Trinajstić information content (AvgIpc) is 3.05. The van der Waals surface area contributed by atoms with E-state index in [4.69, 9.17) is 9.47 Å². The summed E-state index contributed by atoms with van der Waals surface area (Å²) in [5, 5.41) is 2.87. The van der Waals surface area contributed by atoms with Crippen LogP contribution >= 0.6 is 0 Å². The molecule has 1 aliphatic rings. The molecule has 0 bridgehead atoms. The van der Waals surface area contributed by atoms with Crippen molar-refractivity contribution in [1.29, 1.82) is 0 Å². The van der Waals surface area contributed by atoms with Gasteiger partial charge in [0.05, 0.1) is 25.8 Å². The van der Waals surface area contributed by atoms with E-state index in [2.05, 4.69) is 5.32 Å². The molecule has 2 aromatic carbocycles. The molecule has 1 atom stereocenters. The lowest BCUT2D eigenvalue weighted by Crippen LogP contribution is -2.28. The van der Waals surface area contributed by atoms with E-state index in [1.54, 1.807) is 30.2 Å². The van der Waals surface area contributed by atoms with Crippen molar-refractivity contribution in [2.45, 2.75) is 20.3 Å². The van der Waals surface area contributed by atoms with Crippen molar-refractivity contribution < 1.29 is 19.1 Å². The molecule has 2 aromatic rings. The Morgan fingerprint density at radius 1 is 1.07 bits per heavy atom. The second kappa shape index (κ2) is 7.70. The van der Waals surface area contributed by atoms with E-state index >= 15 is 0 Å². The maximum Gasteiger partial charge on any atom is 0.229 e. The summed E-state index contributed by atoms with van der Waals surface area (Å²) in [4.78, 5) is 26.9. The Labute approximate surface area is 159 Å². The smallest absolute Gasteiger partial charge is 0.229 e. The average molecular weight is 368 g/mol. The molecule has 0 saturated carbocycles. The highest BCUT2D eigenvalue weighted by Gasteiger charge is 2.35. The number of anilines is 2. The van der Waals surface area contributed by atoms with Crippen LogP contribution in [0.1, 0.15) is 17.5 Å². The number of ether oxygens (including phenoxy) is 2. The van der Waals surface area contributed by atoms with Gasteiger partial charge in [-0.15, -0.1) is 0 Å². The molecular weight excluding hydrogens is 344 g/mol. The number of aryl methyl sites for hydroxylation is 2. The topological polar surface area (TPSA) is 67.9 Å². The molecule has 0 aliphatic carbocycles. The summed E-state index contributed by atoms with van der Waals surface area (Å²) in [6.07, 6.45) is 0.186. The third kappa shape index (κ3) is 3.89. The summed E-state index contributed by atoms with van der Waals surface area (Å²) < 4.78 is 10.5. The Morgan fingerprint density at radius 2 is 1.85 bits per heavy atom. The van der Waals surface area contributed by atoms with Gasteiger partial charge in [-0.2, -0.15) is 0 Å². The first-order chi connectivity index (χ1) is 12.9. The van der Waals surface area contributed by atoms with Gasteiger partial charge < -0.3 is 19.7 Å². The van der Waals surface area contributed by atoms with Crippen molar-refractivity contribution in [2.24, 2.45) is 5.92 Å². The van der Waals surface area contributed by atoms with Crippen molar-refractivity contribution in [3.05, 3.63) is 47.5 Å². The molecule has 0 aromatic heterocycles. The van der Waals surface area contributed by atoms with Gasteiger partial charge in [-0.3, -0.25) is 9.59 Å². The van der Waals surface area contributed by atoms with Gasteiger partial charge in [0.15, 0.2) is 0 Å². The Balaban J connectivity index is 1.75. The van der Waals surface area contributed by atoms with Crippen LogP contribution in [0, 0.1) is 19.8 Å². The number of methoxy groups -OCH3 is 2. The SMILES string of the molecule is COc1ccc(OC)c(NC(=O)[C@H]2CC(=O)N(c3ccc(C)c(C)c3)C2)c1. The minimum atomic E-state index is -0.421. The number of benzene rings is 2. The fourth-order valence-electron chi connectivity index (χ4n) is 3.17. The molecule has 0 radical (unpaired) electrons. The highest BCUT2D eigenvalue weighted by atomic mass is 16.5. The van der Waals surface area contributed by atoms with Gasteiger partial charge in [0.2, 0.25) is 11.8 Å². The van der Waals surface area contributed by atoms with Gasteiger partial charge in [-0.1, -0.05) is 6.07 Å². The molecule has 6 heteroatoms. The zero-order valence-corrected chi connectivity index (χ0v) is 16.0. The van der Waals surface area contributed by atoms with E-state index in [0.29, 0.717) is 23.7 Å². The van der Waals surface area contributed by atoms with Crippen LogP contribution in [0.4, 0.5) is 11.4 Å². The first-order valence-corrected chi connectivity index (χ1v) is 8.83. The highest BCUT2D eigenvalue weighted by molar-refractivity contribution is 6.04. The predicted molar refractivity (Wildman–Crippen MR) is 105 cm³/mol. The minimum absolute atomic E-state index is 0.0454. The van der Waals surface area contributed by atoms with Crippen LogP contribution in [-0.2, 0) is 9.59 Å². The number of nitrogens with one attached hydrogen (secondary N) is 1. The van der Waals surface area contributed by atoms with Gasteiger partial charge in [-0.05, 0) is 49.2 Å². The normalized spacial score (nSPS) is 16.4. The number of carbonyl (C=O) groups excluding carboxylic acids is 2. The van der Waals surface area contributed by atoms with Crippen LogP contribution in [0.5, 0.6) is 11.5 Å². The molecule has 1 saturated heterocycles. The van der Waals surface area contributed by atoms with E-state index in [0.717, 1.165) is 11.3 Å². The molecule has 3 rings (SSSR count). The Morgan fingerprint density at radius 3 is 2.52 bits per heavy atom. The van der Waals surface area contributed by atoms with Crippen LogP contribution in [0.2, 0.25) is 0 Å². The molecule has 0 spiro atoms. The molecular formula is C21H24N2O4. The third-order valence-corrected chi connectivity index (χ3v) is 4.96. The predicted octanol–water partition coefficient (Wildman–Crippen LogP) is 3.31. The minimum Gasteiger partial charge on any atom is -0.497 e. The summed E-state index contributed by atoms with van der Waals surface area (Å²) in [5.74, 6) is 0.483. The maximum atomic E-state index is 12.7. The van der Waals surface area contributed by atoms with Crippen molar-refractivity contribution in [3.8, 4) is 11.5 Å². The van der Waals surface area contributed by atoms with Gasteiger partial charge >= 0.3 is 0 Å². The van der Waals surface area contributed by atoms with Gasteiger partial charge in [0, 0.05) is 24.7 Å². The second-order valence-electron chi connectivity index (χ2n) is 6.73. The first kappa shape index (κ1) is 18.8. The molecule has 1 fully saturated rings. The molecule has 1 heterocycles. The summed E-state index contributed by atoms with van der Waals surface area (Å²) in [6.45, 7) is 4.40. The maximum absolute atomic E-state index is 12.7. The molecule has 2 amide bonds. The largest absolute Gasteiger partial charge is 0.497 e. The van der Waals surface area contributed by atoms with Gasteiger partial charge in [0.25, 0.3) is 0 Å². The van der Waals surface area contributed by atoms with E-state index in [1.165, 1.54) is 12.7 Å². The Kier molecular flexibility index (Phi) is 5.35. The fraction of sp³-hybridized carbons (Fsp3) is 0.333. The van der Waals surface area contributed by atoms with Crippen molar-refractivity contribution in [1.82, 2.24) is 0 Å². The zero-order valence-electron chi connectivity index (χ0n) is 16.0. The van der Waals surface area contributed by atoms with Crippen LogP contribution < -0.4 is 19.7 Å². The number of carbonyl (C=O) groups is 2. The van der Waals surface area contributed by atoms with Crippen molar-refractivity contribution in [2.75, 3.05) is 31.0 Å². The Bertz CT molecular complexity index is 878. The summed E-state index contributed by atoms with van der Waals surface area (Å²) >= 11 is 0. The summed E-state index contributed by atoms with van der Waals surface area (Å²) in [5.41, 5.74) is 3.65. The van der Waals surface area contributed by atoms with E-state index in [-0.39, 0.29) is 18.2 Å². The van der Waals surface area contributed by atoms with Gasteiger partial charge in [-0.25, -0.2) is 0 Å². The third-order valence-electron chi connectivity index (χ3n) is 4.96. The zero-order chi connectivity index (χ0) is 19.6. The van der Waals surface area contributed by atoms with E-state index in [9.17, 15) is 9.59 Å². The van der Waals surface area contributed by atoms with E-state index in [1.807, 2.05) is 32.0 Å². The number of nitrogens with zero attached hydrogens (tertiary/aromatic N) is 1. The second-order valence-corrected chi connectivity index (χ2v) is 6.73. The van der Waals surface area contributed by atoms with Crippen LogP contribution in [0.25, 0.3) is 0 Å². The number of hydrogen-bond acceptors (Lipinski definition) is 4. The Hall–Kier alpha value is -3.02. The standard InChI is InChI=1S/C21H24N2O4/c1-13-5-6-16(9-14(13)2)23-12-15(10-20(23)24)21(25)22-18-11-17(26-3)7-8-19(18)27-4/h5-9,11,15H,10,12H2,1-4H3,(H,22,25)/t15-/m0/s1. The van der Waals surface area contributed by atoms with Gasteiger partial charge in [0.1, 0.15) is 11.5 Å². The summed E-state index contributed by atoms with van der Waals surface area (Å²) in [7, 11) is 3.10. The lowest BCUT2D eigenvalue weighted by atomic mass is 10.1. The number of amides is 2. The fourth-order valence-corrected chi connectivity index (χ4v) is 3.17. The van der Waals surface area contributed by atoms with Crippen LogP contribution in [-0.4, -0.2) is 32.6 Å². The quantitative estimate of drug-likeness (QED) is 0.879. The lowest BCUT2D eigenvalue weighted by molar-refractivity contribution is -0.122. The molecule has 1 aliphatic heterocycles. The number of hydrogen-bond donors (Lipinski definition) is 1. The van der Waals surface area contributed by atoms with Crippen molar-refractivity contribution >= 4 is 23.2 Å². The van der Waals surface area contributed by atoms with Crippen LogP contribution in [0.15, 0.2) is 36.4 Å².